The van der Waals surface area contributed by atoms with Crippen LogP contribution in [0.15, 0.2) is 42.5 Å². The van der Waals surface area contributed by atoms with Gasteiger partial charge in [0, 0.05) is 34.5 Å². The lowest BCUT2D eigenvalue weighted by atomic mass is 10.1. The molecule has 1 aliphatic carbocycles. The van der Waals surface area contributed by atoms with Crippen molar-refractivity contribution in [1.82, 2.24) is 10.2 Å². The summed E-state index contributed by atoms with van der Waals surface area (Å²) in [5.74, 6) is -1.19. The molecule has 2 aromatic rings. The molecule has 0 radical (unpaired) electrons. The molecule has 1 fully saturated rings. The zero-order chi connectivity index (χ0) is 23.1. The minimum absolute atomic E-state index is 0.0141. The molecule has 172 valence electrons. The summed E-state index contributed by atoms with van der Waals surface area (Å²) in [6.45, 7) is 1.63. The van der Waals surface area contributed by atoms with Crippen LogP contribution in [0.1, 0.15) is 43.7 Å². The van der Waals surface area contributed by atoms with Crippen molar-refractivity contribution in [3.63, 3.8) is 0 Å². The van der Waals surface area contributed by atoms with Crippen molar-refractivity contribution in [3.8, 4) is 0 Å². The molecule has 0 heterocycles. The molecule has 0 spiro atoms. The van der Waals surface area contributed by atoms with Crippen LogP contribution in [-0.4, -0.2) is 34.6 Å². The molecular weight excluding hydrogens is 454 g/mol. The monoisotopic (exact) mass is 480 g/mol. The molecule has 1 aliphatic rings. The fraction of sp³-hybridized carbons (Fsp3) is 0.417. The molecule has 0 aliphatic heterocycles. The second-order valence-electron chi connectivity index (χ2n) is 7.97. The predicted octanol–water partition coefficient (Wildman–Crippen LogP) is 5.33. The van der Waals surface area contributed by atoms with Gasteiger partial charge in [0.05, 0.1) is 5.75 Å². The molecule has 4 nitrogen and oxygen atoms in total. The van der Waals surface area contributed by atoms with Gasteiger partial charge in [0.25, 0.3) is 0 Å². The van der Waals surface area contributed by atoms with Crippen LogP contribution in [0, 0.1) is 11.6 Å². The average Bonchev–Trinajstić information content (AvgIpc) is 3.27. The molecule has 8 heteroatoms. The van der Waals surface area contributed by atoms with Gasteiger partial charge in [-0.05, 0) is 38.0 Å². The standard InChI is InChI=1S/C24H27ClF2N2O2S/c1-16(24(31)28-18-8-3-4-9-18)29(13-17-7-2-5-11-21(17)26)23(30)15-32-14-19-20(25)10-6-12-22(19)27/h2,5-7,10-12,16,18H,3-4,8-9,13-15H2,1H3,(H,28,31)/t16-/m1/s1. The highest BCUT2D eigenvalue weighted by Crippen LogP contribution is 2.25. The van der Waals surface area contributed by atoms with Crippen molar-refractivity contribution in [2.45, 2.75) is 57.0 Å². The van der Waals surface area contributed by atoms with E-state index in [9.17, 15) is 18.4 Å². The van der Waals surface area contributed by atoms with Gasteiger partial charge in [-0.15, -0.1) is 11.8 Å². The number of amides is 2. The van der Waals surface area contributed by atoms with Crippen molar-refractivity contribution in [1.29, 1.82) is 0 Å². The lowest BCUT2D eigenvalue weighted by molar-refractivity contribution is -0.139. The Balaban J connectivity index is 1.69. The number of hydrogen-bond donors (Lipinski definition) is 1. The van der Waals surface area contributed by atoms with Crippen molar-refractivity contribution in [3.05, 3.63) is 70.2 Å². The Hall–Kier alpha value is -2.12. The maximum atomic E-state index is 14.3. The second kappa shape index (κ2) is 11.7. The number of hydrogen-bond acceptors (Lipinski definition) is 3. The van der Waals surface area contributed by atoms with Gasteiger partial charge < -0.3 is 10.2 Å². The normalized spacial score (nSPS) is 14.9. The van der Waals surface area contributed by atoms with Crippen LogP contribution in [0.5, 0.6) is 0 Å². The Bertz CT molecular complexity index is 933. The Morgan fingerprint density at radius 1 is 1.12 bits per heavy atom. The number of rotatable bonds is 9. The van der Waals surface area contributed by atoms with Gasteiger partial charge in [0.15, 0.2) is 0 Å². The van der Waals surface area contributed by atoms with E-state index in [4.69, 9.17) is 11.6 Å². The Kier molecular flexibility index (Phi) is 8.93. The first kappa shape index (κ1) is 24.5. The number of thioether (sulfide) groups is 1. The van der Waals surface area contributed by atoms with Crippen LogP contribution in [0.4, 0.5) is 8.78 Å². The van der Waals surface area contributed by atoms with E-state index < -0.39 is 17.7 Å². The third-order valence-electron chi connectivity index (χ3n) is 5.70. The maximum Gasteiger partial charge on any atom is 0.242 e. The molecule has 32 heavy (non-hydrogen) atoms. The largest absolute Gasteiger partial charge is 0.352 e. The first-order valence-electron chi connectivity index (χ1n) is 10.7. The van der Waals surface area contributed by atoms with Crippen molar-refractivity contribution in [2.24, 2.45) is 0 Å². The highest BCUT2D eigenvalue weighted by atomic mass is 35.5. The lowest BCUT2D eigenvalue weighted by Gasteiger charge is -2.30. The zero-order valence-corrected chi connectivity index (χ0v) is 19.5. The molecule has 0 saturated heterocycles. The van der Waals surface area contributed by atoms with Crippen LogP contribution < -0.4 is 5.32 Å². The Morgan fingerprint density at radius 2 is 1.81 bits per heavy atom. The SMILES string of the molecule is C[C@H](C(=O)NC1CCCC1)N(Cc1ccccc1F)C(=O)CSCc1c(F)cccc1Cl. The molecule has 0 unspecified atom stereocenters. The highest BCUT2D eigenvalue weighted by molar-refractivity contribution is 7.99. The predicted molar refractivity (Wildman–Crippen MR) is 124 cm³/mol. The molecule has 1 saturated carbocycles. The number of nitrogens with zero attached hydrogens (tertiary/aromatic N) is 1. The van der Waals surface area contributed by atoms with E-state index in [1.54, 1.807) is 31.2 Å². The minimum atomic E-state index is -0.764. The number of benzene rings is 2. The summed E-state index contributed by atoms with van der Waals surface area (Å²) in [6, 6.07) is 10.0. The van der Waals surface area contributed by atoms with E-state index in [1.165, 1.54) is 34.9 Å². The van der Waals surface area contributed by atoms with Gasteiger partial charge in [-0.2, -0.15) is 0 Å². The summed E-state index contributed by atoms with van der Waals surface area (Å²) < 4.78 is 28.3. The van der Waals surface area contributed by atoms with Crippen molar-refractivity contribution >= 4 is 35.2 Å². The summed E-state index contributed by atoms with van der Waals surface area (Å²) in [7, 11) is 0. The number of carbonyl (C=O) groups is 2. The molecule has 0 bridgehead atoms. The first-order chi connectivity index (χ1) is 15.4. The Morgan fingerprint density at radius 3 is 2.50 bits per heavy atom. The highest BCUT2D eigenvalue weighted by Gasteiger charge is 2.29. The van der Waals surface area contributed by atoms with E-state index >= 15 is 0 Å². The number of nitrogens with one attached hydrogen (secondary N) is 1. The smallest absolute Gasteiger partial charge is 0.242 e. The number of halogens is 3. The summed E-state index contributed by atoms with van der Waals surface area (Å²) in [5.41, 5.74) is 0.670. The molecule has 3 rings (SSSR count). The van der Waals surface area contributed by atoms with E-state index in [2.05, 4.69) is 5.32 Å². The minimum Gasteiger partial charge on any atom is -0.352 e. The topological polar surface area (TPSA) is 49.4 Å². The van der Waals surface area contributed by atoms with Gasteiger partial charge in [0.1, 0.15) is 17.7 Å². The van der Waals surface area contributed by atoms with E-state index in [0.29, 0.717) is 16.1 Å². The van der Waals surface area contributed by atoms with E-state index in [1.807, 2.05) is 0 Å². The first-order valence-corrected chi connectivity index (χ1v) is 12.2. The van der Waals surface area contributed by atoms with Gasteiger partial charge in [0.2, 0.25) is 11.8 Å². The van der Waals surface area contributed by atoms with Gasteiger partial charge >= 0.3 is 0 Å². The molecular formula is C24H27ClF2N2O2S. The quantitative estimate of drug-likeness (QED) is 0.528. The number of carbonyl (C=O) groups excluding carboxylic acids is 2. The molecule has 2 amide bonds. The third kappa shape index (κ3) is 6.45. The van der Waals surface area contributed by atoms with E-state index in [-0.39, 0.29) is 35.9 Å². The van der Waals surface area contributed by atoms with Gasteiger partial charge in [-0.1, -0.05) is 48.7 Å². The fourth-order valence-corrected chi connectivity index (χ4v) is 5.03. The molecule has 2 aromatic carbocycles. The second-order valence-corrected chi connectivity index (χ2v) is 9.36. The van der Waals surface area contributed by atoms with Crippen LogP contribution in [0.2, 0.25) is 5.02 Å². The lowest BCUT2D eigenvalue weighted by Crippen LogP contribution is -2.50. The van der Waals surface area contributed by atoms with Crippen LogP contribution in [0.3, 0.4) is 0 Å². The summed E-state index contributed by atoms with van der Waals surface area (Å²) >= 11 is 7.27. The molecule has 1 atom stereocenters. The summed E-state index contributed by atoms with van der Waals surface area (Å²) in [5, 5.41) is 3.31. The average molecular weight is 481 g/mol. The van der Waals surface area contributed by atoms with Gasteiger partial charge in [-0.25, -0.2) is 8.78 Å². The van der Waals surface area contributed by atoms with E-state index in [0.717, 1.165) is 25.7 Å². The fourth-order valence-electron chi connectivity index (χ4n) is 3.78. The molecule has 1 N–H and O–H groups in total. The summed E-state index contributed by atoms with van der Waals surface area (Å²) in [6.07, 6.45) is 4.01. The van der Waals surface area contributed by atoms with Crippen molar-refractivity contribution in [2.75, 3.05) is 5.75 Å². The summed E-state index contributed by atoms with van der Waals surface area (Å²) in [4.78, 5) is 27.3. The molecule has 0 aromatic heterocycles. The third-order valence-corrected chi connectivity index (χ3v) is 7.00. The Labute approximate surface area is 196 Å². The zero-order valence-electron chi connectivity index (χ0n) is 18.0. The van der Waals surface area contributed by atoms with Gasteiger partial charge in [-0.3, -0.25) is 9.59 Å². The van der Waals surface area contributed by atoms with Crippen LogP contribution in [0.25, 0.3) is 0 Å². The van der Waals surface area contributed by atoms with Crippen LogP contribution in [-0.2, 0) is 21.9 Å². The van der Waals surface area contributed by atoms with Crippen LogP contribution >= 0.6 is 23.4 Å². The van der Waals surface area contributed by atoms with Crippen molar-refractivity contribution < 1.29 is 18.4 Å². The maximum absolute atomic E-state index is 14.3.